The minimum Gasteiger partial charge on any atom is -0.456 e. The molecule has 0 N–H and O–H groups in total. The first-order valence-corrected chi connectivity index (χ1v) is 19.2. The smallest absolute Gasteiger partial charge is 0.137 e. The van der Waals surface area contributed by atoms with E-state index >= 15 is 0 Å². The van der Waals surface area contributed by atoms with Gasteiger partial charge < -0.3 is 22.6 Å². The summed E-state index contributed by atoms with van der Waals surface area (Å²) in [4.78, 5) is 2.32. The third-order valence-corrected chi connectivity index (χ3v) is 12.2. The lowest BCUT2D eigenvalue weighted by Crippen LogP contribution is -2.10. The standard InChI is InChI=1S/C52H27NO4/c1-3-12-39-34(9-1)36-19-17-32(27-46(36)55-39)53(31-18-23-41-38(26-31)35-10-2-4-13-40(35)54-41)30-8-5-7-29(25-30)33-20-24-45-52-48(33)37-11-6-14-42-49(37)50-43(56-42)21-15-28-16-22-44(57-45)51(52)47(28)50/h1-27H. The van der Waals surface area contributed by atoms with Gasteiger partial charge in [-0.05, 0) is 101 Å². The highest BCUT2D eigenvalue weighted by Crippen LogP contribution is 2.53. The van der Waals surface area contributed by atoms with Crippen LogP contribution in [0.2, 0.25) is 0 Å². The Labute approximate surface area is 323 Å². The summed E-state index contributed by atoms with van der Waals surface area (Å²) in [5.41, 5.74) is 14.5. The molecule has 13 aromatic rings. The Morgan fingerprint density at radius 2 is 0.860 bits per heavy atom. The predicted molar refractivity (Wildman–Crippen MR) is 232 cm³/mol. The first-order chi connectivity index (χ1) is 28.2. The lowest BCUT2D eigenvalue weighted by molar-refractivity contribution is 0.668. The first-order valence-electron chi connectivity index (χ1n) is 19.2. The number of fused-ring (bicyclic) bond motifs is 7. The van der Waals surface area contributed by atoms with Gasteiger partial charge in [-0.2, -0.15) is 0 Å². The molecule has 0 saturated heterocycles. The third kappa shape index (κ3) is 3.87. The topological polar surface area (TPSA) is 55.8 Å². The van der Waals surface area contributed by atoms with Crippen LogP contribution in [-0.2, 0) is 0 Å². The molecule has 14 rings (SSSR count). The van der Waals surface area contributed by atoms with Crippen LogP contribution < -0.4 is 4.90 Å². The third-order valence-electron chi connectivity index (χ3n) is 12.2. The Kier molecular flexibility index (Phi) is 5.45. The van der Waals surface area contributed by atoms with E-state index in [1.807, 2.05) is 24.3 Å². The number of hydrogen-bond acceptors (Lipinski definition) is 5. The van der Waals surface area contributed by atoms with Crippen molar-refractivity contribution in [2.45, 2.75) is 0 Å². The summed E-state index contributed by atoms with van der Waals surface area (Å²) in [5.74, 6) is 0. The summed E-state index contributed by atoms with van der Waals surface area (Å²) >= 11 is 0. The van der Waals surface area contributed by atoms with Crippen LogP contribution in [0.5, 0.6) is 0 Å². The van der Waals surface area contributed by atoms with E-state index in [9.17, 15) is 0 Å². The second-order valence-corrected chi connectivity index (χ2v) is 15.2. The van der Waals surface area contributed by atoms with Crippen molar-refractivity contribution in [2.24, 2.45) is 0 Å². The predicted octanol–water partition coefficient (Wildman–Crippen LogP) is 15.6. The Morgan fingerprint density at radius 3 is 1.70 bits per heavy atom. The summed E-state index contributed by atoms with van der Waals surface area (Å²) in [6.45, 7) is 0. The maximum atomic E-state index is 6.62. The van der Waals surface area contributed by atoms with Crippen LogP contribution in [0.4, 0.5) is 17.1 Å². The number of furan rings is 4. The van der Waals surface area contributed by atoms with E-state index in [1.54, 1.807) is 0 Å². The number of anilines is 3. The maximum Gasteiger partial charge on any atom is 0.137 e. The van der Waals surface area contributed by atoms with Crippen molar-refractivity contribution < 1.29 is 17.7 Å². The van der Waals surface area contributed by atoms with Crippen molar-refractivity contribution in [2.75, 3.05) is 4.90 Å². The minimum absolute atomic E-state index is 0.841. The van der Waals surface area contributed by atoms with Crippen LogP contribution in [-0.4, -0.2) is 0 Å². The first kappa shape index (κ1) is 29.6. The van der Waals surface area contributed by atoms with Crippen LogP contribution in [0, 0.1) is 0 Å². The molecule has 0 atom stereocenters. The molecular weight excluding hydrogens is 703 g/mol. The van der Waals surface area contributed by atoms with Crippen molar-refractivity contribution in [3.05, 3.63) is 164 Å². The van der Waals surface area contributed by atoms with E-state index in [0.717, 1.165) is 127 Å². The van der Waals surface area contributed by atoms with Crippen LogP contribution in [0.1, 0.15) is 0 Å². The van der Waals surface area contributed by atoms with E-state index in [4.69, 9.17) is 17.7 Å². The molecule has 1 aliphatic rings. The second-order valence-electron chi connectivity index (χ2n) is 15.2. The van der Waals surface area contributed by atoms with Gasteiger partial charge in [-0.3, -0.25) is 0 Å². The monoisotopic (exact) mass is 729 g/mol. The molecule has 0 amide bonds. The molecule has 264 valence electrons. The van der Waals surface area contributed by atoms with Crippen molar-refractivity contribution in [3.63, 3.8) is 0 Å². The van der Waals surface area contributed by atoms with Gasteiger partial charge >= 0.3 is 0 Å². The van der Waals surface area contributed by atoms with Crippen molar-refractivity contribution in [3.8, 4) is 22.3 Å². The fraction of sp³-hybridized carbons (Fsp3) is 0. The molecule has 5 nitrogen and oxygen atoms in total. The van der Waals surface area contributed by atoms with Crippen LogP contribution in [0.3, 0.4) is 0 Å². The molecule has 0 bridgehead atoms. The highest BCUT2D eigenvalue weighted by atomic mass is 16.3. The summed E-state index contributed by atoms with van der Waals surface area (Å²) < 4.78 is 25.9. The molecule has 9 aromatic carbocycles. The highest BCUT2D eigenvalue weighted by molar-refractivity contribution is 6.37. The second kappa shape index (κ2) is 10.5. The minimum atomic E-state index is 0.841. The van der Waals surface area contributed by atoms with E-state index < -0.39 is 0 Å². The fourth-order valence-electron chi connectivity index (χ4n) is 9.77. The van der Waals surface area contributed by atoms with Crippen LogP contribution in [0.25, 0.3) is 121 Å². The molecule has 4 heterocycles. The van der Waals surface area contributed by atoms with E-state index in [1.165, 1.54) is 10.8 Å². The zero-order chi connectivity index (χ0) is 36.9. The largest absolute Gasteiger partial charge is 0.456 e. The summed E-state index contributed by atoms with van der Waals surface area (Å²) in [6, 6.07) is 57.6. The molecular formula is C52H27NO4. The maximum absolute atomic E-state index is 6.62. The molecule has 4 aromatic heterocycles. The van der Waals surface area contributed by atoms with E-state index in [0.29, 0.717) is 0 Å². The highest BCUT2D eigenvalue weighted by Gasteiger charge is 2.28. The number of nitrogens with zero attached hydrogens (tertiary/aromatic N) is 1. The molecule has 0 aliphatic heterocycles. The van der Waals surface area contributed by atoms with Gasteiger partial charge in [0.1, 0.15) is 44.7 Å². The van der Waals surface area contributed by atoms with Gasteiger partial charge in [0.2, 0.25) is 0 Å². The van der Waals surface area contributed by atoms with Crippen molar-refractivity contribution in [1.82, 2.24) is 0 Å². The van der Waals surface area contributed by atoms with Crippen molar-refractivity contribution >= 4 is 116 Å². The Bertz CT molecular complexity index is 3890. The number of hydrogen-bond donors (Lipinski definition) is 0. The van der Waals surface area contributed by atoms with Gasteiger partial charge in [-0.25, -0.2) is 0 Å². The molecule has 0 radical (unpaired) electrons. The Morgan fingerprint density at radius 1 is 0.298 bits per heavy atom. The Hall–Kier alpha value is -7.76. The summed E-state index contributed by atoms with van der Waals surface area (Å²) in [7, 11) is 0. The van der Waals surface area contributed by atoms with Crippen molar-refractivity contribution in [1.29, 1.82) is 0 Å². The van der Waals surface area contributed by atoms with Gasteiger partial charge in [0.15, 0.2) is 0 Å². The normalized spacial score (nSPS) is 12.6. The average Bonchev–Trinajstić information content (AvgIpc) is 4.01. The zero-order valence-electron chi connectivity index (χ0n) is 30.2. The summed E-state index contributed by atoms with van der Waals surface area (Å²) in [6.07, 6.45) is 0. The quantitative estimate of drug-likeness (QED) is 0.181. The van der Waals surface area contributed by atoms with E-state index in [-0.39, 0.29) is 0 Å². The SMILES string of the molecule is c1cc(-c2ccc3oc4ccc5ccc6oc7cccc8c7c6c5c4c3c2-8)cc(N(c2ccc3c(c2)oc2ccccc23)c2ccc3oc4ccccc4c3c2)c1. The lowest BCUT2D eigenvalue weighted by Gasteiger charge is -2.26. The molecule has 0 spiro atoms. The molecule has 0 unspecified atom stereocenters. The van der Waals surface area contributed by atoms with Gasteiger partial charge in [0.25, 0.3) is 0 Å². The zero-order valence-corrected chi connectivity index (χ0v) is 30.2. The molecule has 0 fully saturated rings. The fourth-order valence-corrected chi connectivity index (χ4v) is 9.77. The average molecular weight is 730 g/mol. The summed E-state index contributed by atoms with van der Waals surface area (Å²) in [5, 5.41) is 11.3. The van der Waals surface area contributed by atoms with Gasteiger partial charge in [-0.15, -0.1) is 0 Å². The molecule has 5 heteroatoms. The van der Waals surface area contributed by atoms with Gasteiger partial charge in [0, 0.05) is 77.2 Å². The molecule has 57 heavy (non-hydrogen) atoms. The number of rotatable bonds is 4. The van der Waals surface area contributed by atoms with Gasteiger partial charge in [0.05, 0.1) is 0 Å². The Balaban J connectivity index is 1.04. The van der Waals surface area contributed by atoms with E-state index in [2.05, 4.69) is 144 Å². The number of benzene rings is 9. The van der Waals surface area contributed by atoms with Gasteiger partial charge in [-0.1, -0.05) is 78.9 Å². The van der Waals surface area contributed by atoms with Crippen LogP contribution in [0.15, 0.2) is 181 Å². The molecule has 0 saturated carbocycles. The molecule has 1 aliphatic carbocycles. The lowest BCUT2D eigenvalue weighted by atomic mass is 9.90. The van der Waals surface area contributed by atoms with Crippen LogP contribution >= 0.6 is 0 Å². The number of para-hydroxylation sites is 2.